The number of nitrogens with zero attached hydrogens (tertiary/aromatic N) is 4. The number of hydrogen-bond acceptors (Lipinski definition) is 7. The number of anilines is 1. The van der Waals surface area contributed by atoms with Crippen molar-refractivity contribution in [2.24, 2.45) is 11.5 Å². The molecule has 0 amide bonds. The minimum absolute atomic E-state index is 0.152. The fraction of sp³-hybridized carbons (Fsp3) is 0.227. The van der Waals surface area contributed by atoms with Crippen LogP contribution in [0.3, 0.4) is 0 Å². The summed E-state index contributed by atoms with van der Waals surface area (Å²) in [5.74, 6) is 1.46. The second kappa shape index (κ2) is 7.90. The predicted molar refractivity (Wildman–Crippen MR) is 126 cm³/mol. The van der Waals surface area contributed by atoms with Crippen LogP contribution >= 0.6 is 23.2 Å². The van der Waals surface area contributed by atoms with E-state index in [-0.39, 0.29) is 5.54 Å². The third-order valence-electron chi connectivity index (χ3n) is 5.42. The molecule has 0 spiro atoms. The molecule has 3 aromatic heterocycles. The van der Waals surface area contributed by atoms with Gasteiger partial charge in [0, 0.05) is 53.7 Å². The molecule has 1 aromatic carbocycles. The molecule has 5 rings (SSSR count). The van der Waals surface area contributed by atoms with Crippen molar-refractivity contribution >= 4 is 39.9 Å². The highest BCUT2D eigenvalue weighted by Crippen LogP contribution is 2.33. The summed E-state index contributed by atoms with van der Waals surface area (Å²) in [5, 5.41) is 9.09. The van der Waals surface area contributed by atoms with Crippen LogP contribution < -0.4 is 21.1 Å². The summed E-state index contributed by atoms with van der Waals surface area (Å²) in [6.07, 6.45) is 3.92. The van der Waals surface area contributed by atoms with Crippen LogP contribution in [0.1, 0.15) is 18.7 Å². The number of pyridine rings is 2. The van der Waals surface area contributed by atoms with E-state index in [1.54, 1.807) is 0 Å². The van der Waals surface area contributed by atoms with Crippen molar-refractivity contribution in [1.82, 2.24) is 20.2 Å². The second-order valence-electron chi connectivity index (χ2n) is 8.25. The Labute approximate surface area is 194 Å². The molecule has 0 aliphatic carbocycles. The molecule has 1 aliphatic rings. The number of aromatic amines is 1. The summed E-state index contributed by atoms with van der Waals surface area (Å²) in [5.41, 5.74) is 15.2. The molecule has 1 atom stereocenters. The summed E-state index contributed by atoms with van der Waals surface area (Å²) in [6, 6.07) is 9.55. The molecular weight excluding hydrogens is 449 g/mol. The maximum Gasteiger partial charge on any atom is 0.177 e. The molecule has 0 bridgehead atoms. The molecule has 32 heavy (non-hydrogen) atoms. The Morgan fingerprint density at radius 2 is 1.88 bits per heavy atom. The van der Waals surface area contributed by atoms with Crippen molar-refractivity contribution in [3.8, 4) is 17.0 Å². The SMILES string of the molecule is CC1(N)CN(c2ccc(-c3n[nH]c4ccc(O[C@H](N)c5c(Cl)cncc5Cl)cc34)cn2)C1. The Hall–Kier alpha value is -2.91. The molecule has 0 unspecified atom stereocenters. The standard InChI is InChI=1S/C22H21Cl2N7O/c1-22(26)10-31(11-22)18-5-2-12(7-28-18)20-14-6-13(3-4-17(14)29-30-20)32-21(25)19-15(23)8-27-9-16(19)24/h2-9,21H,10-11,25-26H2,1H3,(H,29,30)/t21-/m0/s1. The molecule has 1 fully saturated rings. The molecule has 0 radical (unpaired) electrons. The number of halogens is 2. The van der Waals surface area contributed by atoms with Gasteiger partial charge in [0.05, 0.1) is 15.6 Å². The summed E-state index contributed by atoms with van der Waals surface area (Å²) in [7, 11) is 0. The van der Waals surface area contributed by atoms with Crippen molar-refractivity contribution in [3.05, 3.63) is 64.5 Å². The van der Waals surface area contributed by atoms with Gasteiger partial charge in [0.15, 0.2) is 6.23 Å². The minimum atomic E-state index is -0.850. The van der Waals surface area contributed by atoms with E-state index in [1.807, 2.05) is 43.5 Å². The van der Waals surface area contributed by atoms with Gasteiger partial charge in [0.1, 0.15) is 17.3 Å². The van der Waals surface area contributed by atoms with Gasteiger partial charge in [-0.2, -0.15) is 5.10 Å². The minimum Gasteiger partial charge on any atom is -0.471 e. The normalized spacial score (nSPS) is 16.1. The van der Waals surface area contributed by atoms with Crippen molar-refractivity contribution in [2.75, 3.05) is 18.0 Å². The van der Waals surface area contributed by atoms with Gasteiger partial charge in [-0.25, -0.2) is 4.98 Å². The van der Waals surface area contributed by atoms with Crippen LogP contribution in [0, 0.1) is 0 Å². The van der Waals surface area contributed by atoms with E-state index in [1.165, 1.54) is 12.4 Å². The number of hydrogen-bond donors (Lipinski definition) is 3. The lowest BCUT2D eigenvalue weighted by Crippen LogP contribution is -2.65. The molecule has 0 saturated carbocycles. The Morgan fingerprint density at radius 3 is 2.53 bits per heavy atom. The first-order valence-corrected chi connectivity index (χ1v) is 10.8. The number of nitrogens with one attached hydrogen (secondary N) is 1. The Balaban J connectivity index is 1.41. The van der Waals surface area contributed by atoms with E-state index in [2.05, 4.69) is 25.1 Å². The summed E-state index contributed by atoms with van der Waals surface area (Å²) < 4.78 is 5.93. The van der Waals surface area contributed by atoms with Crippen molar-refractivity contribution in [3.63, 3.8) is 0 Å². The number of fused-ring (bicyclic) bond motifs is 1. The molecule has 10 heteroatoms. The van der Waals surface area contributed by atoms with Gasteiger partial charge in [0.25, 0.3) is 0 Å². The Bertz CT molecular complexity index is 1260. The average Bonchev–Trinajstić information content (AvgIpc) is 3.15. The van der Waals surface area contributed by atoms with E-state index in [0.717, 1.165) is 41.1 Å². The van der Waals surface area contributed by atoms with E-state index in [0.29, 0.717) is 21.4 Å². The van der Waals surface area contributed by atoms with Gasteiger partial charge in [-0.1, -0.05) is 23.2 Å². The van der Waals surface area contributed by atoms with Crippen LogP contribution in [0.15, 0.2) is 48.9 Å². The van der Waals surface area contributed by atoms with Gasteiger partial charge >= 0.3 is 0 Å². The van der Waals surface area contributed by atoms with Crippen molar-refractivity contribution in [2.45, 2.75) is 18.7 Å². The number of aromatic nitrogens is 4. The zero-order valence-electron chi connectivity index (χ0n) is 17.2. The monoisotopic (exact) mass is 469 g/mol. The fourth-order valence-electron chi connectivity index (χ4n) is 3.89. The Kier molecular flexibility index (Phi) is 5.17. The van der Waals surface area contributed by atoms with Crippen LogP contribution in [0.2, 0.25) is 10.0 Å². The van der Waals surface area contributed by atoms with Gasteiger partial charge < -0.3 is 15.4 Å². The highest BCUT2D eigenvalue weighted by molar-refractivity contribution is 6.35. The quantitative estimate of drug-likeness (QED) is 0.379. The van der Waals surface area contributed by atoms with Gasteiger partial charge in [-0.05, 0) is 37.3 Å². The van der Waals surface area contributed by atoms with E-state index >= 15 is 0 Å². The maximum atomic E-state index is 6.21. The summed E-state index contributed by atoms with van der Waals surface area (Å²) in [4.78, 5) is 10.7. The fourth-order valence-corrected chi connectivity index (χ4v) is 4.47. The number of H-pyrrole nitrogens is 1. The smallest absolute Gasteiger partial charge is 0.177 e. The van der Waals surface area contributed by atoms with Gasteiger partial charge in [-0.15, -0.1) is 0 Å². The lowest BCUT2D eigenvalue weighted by molar-refractivity contribution is 0.214. The first-order valence-electron chi connectivity index (χ1n) is 10.0. The molecule has 164 valence electrons. The molecule has 1 saturated heterocycles. The van der Waals surface area contributed by atoms with Crippen LogP contribution in [0.5, 0.6) is 5.75 Å². The van der Waals surface area contributed by atoms with E-state index < -0.39 is 6.23 Å². The molecule has 8 nitrogen and oxygen atoms in total. The number of ether oxygens (including phenoxy) is 1. The molecular formula is C22H21Cl2N7O. The Morgan fingerprint density at radius 1 is 1.12 bits per heavy atom. The lowest BCUT2D eigenvalue weighted by Gasteiger charge is -2.46. The van der Waals surface area contributed by atoms with Crippen LogP contribution in [-0.2, 0) is 0 Å². The molecule has 5 N–H and O–H groups in total. The highest BCUT2D eigenvalue weighted by Gasteiger charge is 2.35. The van der Waals surface area contributed by atoms with Crippen molar-refractivity contribution in [1.29, 1.82) is 0 Å². The summed E-state index contributed by atoms with van der Waals surface area (Å²) >= 11 is 12.4. The predicted octanol–water partition coefficient (Wildman–Crippen LogP) is 3.90. The topological polar surface area (TPSA) is 119 Å². The van der Waals surface area contributed by atoms with Crippen LogP contribution in [0.25, 0.3) is 22.2 Å². The highest BCUT2D eigenvalue weighted by atomic mass is 35.5. The molecule has 4 heterocycles. The van der Waals surface area contributed by atoms with E-state index in [4.69, 9.17) is 39.4 Å². The molecule has 4 aromatic rings. The van der Waals surface area contributed by atoms with Gasteiger partial charge in [0.2, 0.25) is 0 Å². The average molecular weight is 470 g/mol. The number of nitrogens with two attached hydrogens (primary N) is 2. The second-order valence-corrected chi connectivity index (χ2v) is 9.06. The van der Waals surface area contributed by atoms with Gasteiger partial charge in [-0.3, -0.25) is 15.8 Å². The maximum absolute atomic E-state index is 6.21. The zero-order chi connectivity index (χ0) is 22.5. The number of benzene rings is 1. The number of rotatable bonds is 5. The lowest BCUT2D eigenvalue weighted by atomic mass is 9.94. The van der Waals surface area contributed by atoms with Crippen molar-refractivity contribution < 1.29 is 4.74 Å². The van der Waals surface area contributed by atoms with E-state index in [9.17, 15) is 0 Å². The summed E-state index contributed by atoms with van der Waals surface area (Å²) in [6.45, 7) is 3.62. The molecule has 1 aliphatic heterocycles. The van der Waals surface area contributed by atoms with Crippen LogP contribution in [-0.4, -0.2) is 38.8 Å². The van der Waals surface area contributed by atoms with Crippen LogP contribution in [0.4, 0.5) is 5.82 Å². The third kappa shape index (κ3) is 3.86. The third-order valence-corrected chi connectivity index (χ3v) is 6.02. The first-order chi connectivity index (χ1) is 15.3. The first kappa shape index (κ1) is 21.0. The zero-order valence-corrected chi connectivity index (χ0v) is 18.7. The largest absolute Gasteiger partial charge is 0.471 e.